The third-order valence-electron chi connectivity index (χ3n) is 2.78. The Bertz CT molecular complexity index is 369. The summed E-state index contributed by atoms with van der Waals surface area (Å²) in [5.41, 5.74) is 7.13. The summed E-state index contributed by atoms with van der Waals surface area (Å²) in [7, 11) is 1.99. The van der Waals surface area contributed by atoms with Crippen molar-refractivity contribution in [3.8, 4) is 6.07 Å². The van der Waals surface area contributed by atoms with Gasteiger partial charge in [0.05, 0.1) is 18.0 Å². The zero-order valence-electron chi connectivity index (χ0n) is 10.7. The van der Waals surface area contributed by atoms with Crippen molar-refractivity contribution in [2.24, 2.45) is 11.7 Å². The van der Waals surface area contributed by atoms with Crippen LogP contribution in [0.4, 0.5) is 0 Å². The molecule has 1 aromatic rings. The summed E-state index contributed by atoms with van der Waals surface area (Å²) in [6.07, 6.45) is 3.58. The van der Waals surface area contributed by atoms with Crippen LogP contribution in [-0.4, -0.2) is 29.5 Å². The standard InChI is InChI=1S/C13H20N4/c1-10(7-14)9-17(3)13(11(2)15)12-5-4-6-16-8-12/h4-6,8,10-11,13H,9,15H2,1-3H3. The molecule has 0 fully saturated rings. The van der Waals surface area contributed by atoms with E-state index in [9.17, 15) is 0 Å². The Morgan fingerprint density at radius 2 is 2.24 bits per heavy atom. The van der Waals surface area contributed by atoms with Gasteiger partial charge in [-0.15, -0.1) is 0 Å². The SMILES string of the molecule is CC(C#N)CN(C)C(c1cccnc1)C(C)N. The average molecular weight is 232 g/mol. The van der Waals surface area contributed by atoms with Gasteiger partial charge < -0.3 is 5.73 Å². The molecular formula is C13H20N4. The molecule has 4 nitrogen and oxygen atoms in total. The molecule has 3 atom stereocenters. The Labute approximate surface area is 103 Å². The molecule has 0 aromatic carbocycles. The molecule has 0 spiro atoms. The second-order valence-electron chi connectivity index (χ2n) is 4.56. The topological polar surface area (TPSA) is 65.9 Å². The largest absolute Gasteiger partial charge is 0.326 e. The molecule has 0 amide bonds. The summed E-state index contributed by atoms with van der Waals surface area (Å²) < 4.78 is 0. The van der Waals surface area contributed by atoms with Gasteiger partial charge in [0.25, 0.3) is 0 Å². The van der Waals surface area contributed by atoms with Crippen LogP contribution in [0.5, 0.6) is 0 Å². The smallest absolute Gasteiger partial charge is 0.0666 e. The van der Waals surface area contributed by atoms with Crippen molar-refractivity contribution < 1.29 is 0 Å². The monoisotopic (exact) mass is 232 g/mol. The molecule has 0 bridgehead atoms. The van der Waals surface area contributed by atoms with Crippen LogP contribution < -0.4 is 5.73 Å². The number of aromatic nitrogens is 1. The molecule has 4 heteroatoms. The third kappa shape index (κ3) is 3.81. The number of likely N-dealkylation sites (N-methyl/N-ethyl adjacent to an activating group) is 1. The van der Waals surface area contributed by atoms with E-state index in [-0.39, 0.29) is 18.0 Å². The summed E-state index contributed by atoms with van der Waals surface area (Å²) in [5.74, 6) is -0.00192. The highest BCUT2D eigenvalue weighted by atomic mass is 15.1. The third-order valence-corrected chi connectivity index (χ3v) is 2.78. The minimum atomic E-state index is -0.00454. The van der Waals surface area contributed by atoms with E-state index in [1.165, 1.54) is 0 Å². The second kappa shape index (κ2) is 6.33. The van der Waals surface area contributed by atoms with Gasteiger partial charge in [0.15, 0.2) is 0 Å². The number of hydrogen-bond acceptors (Lipinski definition) is 4. The second-order valence-corrected chi connectivity index (χ2v) is 4.56. The normalized spacial score (nSPS) is 16.2. The maximum absolute atomic E-state index is 8.85. The van der Waals surface area contributed by atoms with Crippen LogP contribution in [0.1, 0.15) is 25.5 Å². The molecule has 0 saturated carbocycles. The highest BCUT2D eigenvalue weighted by molar-refractivity contribution is 5.16. The molecular weight excluding hydrogens is 212 g/mol. The van der Waals surface area contributed by atoms with Gasteiger partial charge in [0, 0.05) is 25.0 Å². The fraction of sp³-hybridized carbons (Fsp3) is 0.538. The van der Waals surface area contributed by atoms with Crippen LogP contribution in [0, 0.1) is 17.2 Å². The van der Waals surface area contributed by atoms with Gasteiger partial charge in [0.1, 0.15) is 0 Å². The van der Waals surface area contributed by atoms with E-state index in [1.54, 1.807) is 6.20 Å². The van der Waals surface area contributed by atoms with E-state index in [4.69, 9.17) is 11.0 Å². The van der Waals surface area contributed by atoms with Gasteiger partial charge in [-0.05, 0) is 32.5 Å². The summed E-state index contributed by atoms with van der Waals surface area (Å²) in [5, 5.41) is 8.85. The first-order chi connectivity index (χ1) is 8.06. The van der Waals surface area contributed by atoms with Crippen molar-refractivity contribution >= 4 is 0 Å². The van der Waals surface area contributed by atoms with Gasteiger partial charge in [-0.1, -0.05) is 6.07 Å². The number of nitriles is 1. The lowest BCUT2D eigenvalue weighted by Crippen LogP contribution is -2.39. The fourth-order valence-electron chi connectivity index (χ4n) is 2.10. The molecule has 1 aromatic heterocycles. The number of nitrogens with two attached hydrogens (primary N) is 1. The molecule has 0 aliphatic carbocycles. The summed E-state index contributed by atoms with van der Waals surface area (Å²) in [4.78, 5) is 6.24. The van der Waals surface area contributed by atoms with Crippen molar-refractivity contribution in [3.05, 3.63) is 30.1 Å². The maximum atomic E-state index is 8.85. The Morgan fingerprint density at radius 1 is 1.53 bits per heavy atom. The van der Waals surface area contributed by atoms with Gasteiger partial charge in [-0.25, -0.2) is 0 Å². The van der Waals surface area contributed by atoms with Crippen LogP contribution in [0.25, 0.3) is 0 Å². The lowest BCUT2D eigenvalue weighted by Gasteiger charge is -2.31. The van der Waals surface area contributed by atoms with Crippen LogP contribution in [0.2, 0.25) is 0 Å². The Hall–Kier alpha value is -1.44. The number of nitrogens with zero attached hydrogens (tertiary/aromatic N) is 3. The fourth-order valence-corrected chi connectivity index (χ4v) is 2.10. The predicted molar refractivity (Wildman–Crippen MR) is 68.0 cm³/mol. The zero-order valence-corrected chi connectivity index (χ0v) is 10.7. The van der Waals surface area contributed by atoms with Crippen LogP contribution in [-0.2, 0) is 0 Å². The molecule has 0 saturated heterocycles. The molecule has 2 N–H and O–H groups in total. The van der Waals surface area contributed by atoms with Crippen molar-refractivity contribution in [3.63, 3.8) is 0 Å². The summed E-state index contributed by atoms with van der Waals surface area (Å²) >= 11 is 0. The molecule has 1 heterocycles. The molecule has 0 aliphatic rings. The molecule has 3 unspecified atom stereocenters. The lowest BCUT2D eigenvalue weighted by molar-refractivity contribution is 0.205. The van der Waals surface area contributed by atoms with E-state index < -0.39 is 0 Å². The Kier molecular flexibility index (Phi) is 5.08. The molecule has 1 rings (SSSR count). The minimum absolute atomic E-state index is 0.00192. The predicted octanol–water partition coefficient (Wildman–Crippen LogP) is 1.56. The van der Waals surface area contributed by atoms with E-state index >= 15 is 0 Å². The van der Waals surface area contributed by atoms with E-state index in [0.717, 1.165) is 5.56 Å². The first kappa shape index (κ1) is 13.6. The van der Waals surface area contributed by atoms with Gasteiger partial charge >= 0.3 is 0 Å². The highest BCUT2D eigenvalue weighted by Crippen LogP contribution is 2.22. The van der Waals surface area contributed by atoms with Crippen LogP contribution >= 0.6 is 0 Å². The quantitative estimate of drug-likeness (QED) is 0.836. The number of pyridine rings is 1. The van der Waals surface area contributed by atoms with Crippen LogP contribution in [0.15, 0.2) is 24.5 Å². The number of hydrogen-bond donors (Lipinski definition) is 1. The number of rotatable bonds is 5. The van der Waals surface area contributed by atoms with E-state index in [1.807, 2.05) is 39.2 Å². The minimum Gasteiger partial charge on any atom is -0.326 e. The summed E-state index contributed by atoms with van der Waals surface area (Å²) in [6, 6.07) is 6.27. The van der Waals surface area contributed by atoms with Crippen molar-refractivity contribution in [1.82, 2.24) is 9.88 Å². The average Bonchev–Trinajstić information content (AvgIpc) is 2.29. The molecule has 92 valence electrons. The zero-order chi connectivity index (χ0) is 12.8. The Morgan fingerprint density at radius 3 is 2.71 bits per heavy atom. The van der Waals surface area contributed by atoms with E-state index in [0.29, 0.717) is 6.54 Å². The van der Waals surface area contributed by atoms with Crippen LogP contribution in [0.3, 0.4) is 0 Å². The van der Waals surface area contributed by atoms with Crippen molar-refractivity contribution in [2.45, 2.75) is 25.9 Å². The van der Waals surface area contributed by atoms with Crippen molar-refractivity contribution in [2.75, 3.05) is 13.6 Å². The first-order valence-electron chi connectivity index (χ1n) is 5.81. The highest BCUT2D eigenvalue weighted by Gasteiger charge is 2.22. The Balaban J connectivity index is 2.84. The van der Waals surface area contributed by atoms with Gasteiger partial charge in [-0.3, -0.25) is 9.88 Å². The van der Waals surface area contributed by atoms with Gasteiger partial charge in [-0.2, -0.15) is 5.26 Å². The maximum Gasteiger partial charge on any atom is 0.0666 e. The lowest BCUT2D eigenvalue weighted by atomic mass is 10.0. The van der Waals surface area contributed by atoms with Crippen molar-refractivity contribution in [1.29, 1.82) is 5.26 Å². The molecule has 0 radical (unpaired) electrons. The van der Waals surface area contributed by atoms with E-state index in [2.05, 4.69) is 16.0 Å². The first-order valence-corrected chi connectivity index (χ1v) is 5.81. The molecule has 17 heavy (non-hydrogen) atoms. The summed E-state index contributed by atoms with van der Waals surface area (Å²) in [6.45, 7) is 4.60. The van der Waals surface area contributed by atoms with Gasteiger partial charge in [0.2, 0.25) is 0 Å². The molecule has 0 aliphatic heterocycles.